The van der Waals surface area contributed by atoms with E-state index in [-0.39, 0.29) is 17.6 Å². The number of nitrogens with zero attached hydrogens (tertiary/aromatic N) is 1. The lowest BCUT2D eigenvalue weighted by Crippen LogP contribution is -2.41. The smallest absolute Gasteiger partial charge is 0.274 e. The van der Waals surface area contributed by atoms with Crippen molar-refractivity contribution in [1.29, 1.82) is 0 Å². The minimum absolute atomic E-state index is 0.108. The van der Waals surface area contributed by atoms with Gasteiger partial charge < -0.3 is 14.5 Å². The monoisotopic (exact) mass is 300 g/mol. The molecule has 0 saturated heterocycles. The van der Waals surface area contributed by atoms with Gasteiger partial charge >= 0.3 is 0 Å². The highest BCUT2D eigenvalue weighted by atomic mass is 16.5. The Morgan fingerprint density at radius 1 is 1.36 bits per heavy atom. The van der Waals surface area contributed by atoms with Gasteiger partial charge in [-0.25, -0.2) is 4.98 Å². The van der Waals surface area contributed by atoms with Crippen molar-refractivity contribution >= 4 is 5.91 Å². The molecule has 1 aromatic carbocycles. The molecule has 1 aliphatic heterocycles. The summed E-state index contributed by atoms with van der Waals surface area (Å²) in [5, 5.41) is 3.05. The maximum atomic E-state index is 12.4. The van der Waals surface area contributed by atoms with E-state index in [1.165, 1.54) is 6.39 Å². The minimum atomic E-state index is -0.336. The summed E-state index contributed by atoms with van der Waals surface area (Å²) in [4.78, 5) is 16.4. The zero-order chi connectivity index (χ0) is 15.9. The first-order valence-corrected chi connectivity index (χ1v) is 7.36. The van der Waals surface area contributed by atoms with Gasteiger partial charge in [0.15, 0.2) is 12.1 Å². The molecule has 5 nitrogen and oxygen atoms in total. The SMILES string of the molecule is Cc1ccc2c(c1)OC(C)(C)C[C@@H]2NC(=O)c1ncoc1C. The summed E-state index contributed by atoms with van der Waals surface area (Å²) in [6.45, 7) is 7.81. The summed E-state index contributed by atoms with van der Waals surface area (Å²) >= 11 is 0. The molecule has 1 aliphatic rings. The summed E-state index contributed by atoms with van der Waals surface area (Å²) < 4.78 is 11.1. The molecule has 1 amide bonds. The molecule has 1 atom stereocenters. The van der Waals surface area contributed by atoms with Gasteiger partial charge in [0.2, 0.25) is 0 Å². The van der Waals surface area contributed by atoms with Gasteiger partial charge in [0.05, 0.1) is 6.04 Å². The lowest BCUT2D eigenvalue weighted by atomic mass is 9.89. The number of hydrogen-bond donors (Lipinski definition) is 1. The van der Waals surface area contributed by atoms with E-state index < -0.39 is 0 Å². The molecule has 0 aliphatic carbocycles. The van der Waals surface area contributed by atoms with Crippen molar-refractivity contribution in [2.75, 3.05) is 0 Å². The molecular formula is C17H20N2O3. The van der Waals surface area contributed by atoms with Gasteiger partial charge in [-0.05, 0) is 39.3 Å². The van der Waals surface area contributed by atoms with Crippen molar-refractivity contribution in [3.63, 3.8) is 0 Å². The summed E-state index contributed by atoms with van der Waals surface area (Å²) in [5.41, 5.74) is 2.13. The number of amides is 1. The third kappa shape index (κ3) is 2.71. The third-order valence-electron chi connectivity index (χ3n) is 3.89. The van der Waals surface area contributed by atoms with Crippen LogP contribution in [0.25, 0.3) is 0 Å². The van der Waals surface area contributed by atoms with Crippen LogP contribution in [0.4, 0.5) is 0 Å². The second-order valence-corrected chi connectivity index (χ2v) is 6.39. The van der Waals surface area contributed by atoms with Crippen LogP contribution in [0.2, 0.25) is 0 Å². The van der Waals surface area contributed by atoms with Gasteiger partial charge in [-0.3, -0.25) is 4.79 Å². The summed E-state index contributed by atoms with van der Waals surface area (Å²) in [7, 11) is 0. The largest absolute Gasteiger partial charge is 0.487 e. The van der Waals surface area contributed by atoms with Crippen LogP contribution in [0, 0.1) is 13.8 Å². The number of ether oxygens (including phenoxy) is 1. The summed E-state index contributed by atoms with van der Waals surface area (Å²) in [5.74, 6) is 1.13. The van der Waals surface area contributed by atoms with Gasteiger partial charge in [0, 0.05) is 12.0 Å². The molecule has 0 unspecified atom stereocenters. The average Bonchev–Trinajstić information content (AvgIpc) is 2.83. The molecular weight excluding hydrogens is 280 g/mol. The van der Waals surface area contributed by atoms with Crippen LogP contribution in [-0.2, 0) is 0 Å². The van der Waals surface area contributed by atoms with E-state index in [0.29, 0.717) is 17.9 Å². The molecule has 0 radical (unpaired) electrons. The number of rotatable bonds is 2. The molecule has 1 N–H and O–H groups in total. The quantitative estimate of drug-likeness (QED) is 0.924. The van der Waals surface area contributed by atoms with E-state index in [4.69, 9.17) is 9.15 Å². The van der Waals surface area contributed by atoms with Crippen LogP contribution in [0.5, 0.6) is 5.75 Å². The van der Waals surface area contributed by atoms with Crippen molar-refractivity contribution in [2.45, 2.75) is 45.8 Å². The molecule has 22 heavy (non-hydrogen) atoms. The van der Waals surface area contributed by atoms with Crippen molar-refractivity contribution in [3.8, 4) is 5.75 Å². The number of nitrogens with one attached hydrogen (secondary N) is 1. The summed E-state index contributed by atoms with van der Waals surface area (Å²) in [6.07, 6.45) is 1.99. The van der Waals surface area contributed by atoms with Crippen molar-refractivity contribution in [1.82, 2.24) is 10.3 Å². The van der Waals surface area contributed by atoms with Gasteiger partial charge in [-0.1, -0.05) is 12.1 Å². The highest BCUT2D eigenvalue weighted by Crippen LogP contribution is 2.40. The number of hydrogen-bond acceptors (Lipinski definition) is 4. The van der Waals surface area contributed by atoms with E-state index in [0.717, 1.165) is 16.9 Å². The topological polar surface area (TPSA) is 64.4 Å². The second-order valence-electron chi connectivity index (χ2n) is 6.39. The number of oxazole rings is 1. The molecule has 1 aromatic heterocycles. The number of fused-ring (bicyclic) bond motifs is 1. The van der Waals surface area contributed by atoms with Crippen molar-refractivity contribution < 1.29 is 13.9 Å². The predicted molar refractivity (Wildman–Crippen MR) is 82.0 cm³/mol. The van der Waals surface area contributed by atoms with Gasteiger partial charge in [-0.15, -0.1) is 0 Å². The maximum absolute atomic E-state index is 12.4. The molecule has 5 heteroatoms. The number of aromatic nitrogens is 1. The Labute approximate surface area is 129 Å². The number of benzene rings is 1. The second kappa shape index (κ2) is 5.16. The lowest BCUT2D eigenvalue weighted by Gasteiger charge is -2.38. The Balaban J connectivity index is 1.91. The van der Waals surface area contributed by atoms with Crippen LogP contribution in [-0.4, -0.2) is 16.5 Å². The van der Waals surface area contributed by atoms with Gasteiger partial charge in [-0.2, -0.15) is 0 Å². The van der Waals surface area contributed by atoms with Crippen LogP contribution >= 0.6 is 0 Å². The number of carbonyl (C=O) groups excluding carboxylic acids is 1. The van der Waals surface area contributed by atoms with Crippen LogP contribution < -0.4 is 10.1 Å². The predicted octanol–water partition coefficient (Wildman–Crippen LogP) is 3.32. The maximum Gasteiger partial charge on any atom is 0.274 e. The first kappa shape index (κ1) is 14.6. The Kier molecular flexibility index (Phi) is 3.43. The number of aryl methyl sites for hydroxylation is 2. The normalized spacial score (nSPS) is 19.2. The van der Waals surface area contributed by atoms with Crippen LogP contribution in [0.3, 0.4) is 0 Å². The molecule has 2 aromatic rings. The van der Waals surface area contributed by atoms with E-state index >= 15 is 0 Å². The zero-order valence-electron chi connectivity index (χ0n) is 13.3. The van der Waals surface area contributed by atoms with Crippen LogP contribution in [0.15, 0.2) is 29.0 Å². The standard InChI is InChI=1S/C17H20N2O3/c1-10-5-6-12-13(8-17(3,4)22-14(12)7-10)19-16(20)15-11(2)21-9-18-15/h5-7,9,13H,8H2,1-4H3,(H,19,20)/t13-/m0/s1. The zero-order valence-corrected chi connectivity index (χ0v) is 13.3. The molecule has 3 rings (SSSR count). The molecule has 0 bridgehead atoms. The first-order valence-electron chi connectivity index (χ1n) is 7.36. The highest BCUT2D eigenvalue weighted by molar-refractivity contribution is 5.93. The Morgan fingerprint density at radius 2 is 2.14 bits per heavy atom. The van der Waals surface area contributed by atoms with Crippen LogP contribution in [0.1, 0.15) is 53.7 Å². The Morgan fingerprint density at radius 3 is 2.82 bits per heavy atom. The van der Waals surface area contributed by atoms with Crippen molar-refractivity contribution in [2.24, 2.45) is 0 Å². The van der Waals surface area contributed by atoms with E-state index in [1.807, 2.05) is 39.0 Å². The van der Waals surface area contributed by atoms with E-state index in [1.54, 1.807) is 6.92 Å². The molecule has 0 fully saturated rings. The molecule has 2 heterocycles. The third-order valence-corrected chi connectivity index (χ3v) is 3.89. The minimum Gasteiger partial charge on any atom is -0.487 e. The molecule has 116 valence electrons. The van der Waals surface area contributed by atoms with Gasteiger partial charge in [0.1, 0.15) is 17.1 Å². The van der Waals surface area contributed by atoms with E-state index in [2.05, 4.69) is 10.3 Å². The van der Waals surface area contributed by atoms with E-state index in [9.17, 15) is 4.79 Å². The fourth-order valence-corrected chi connectivity index (χ4v) is 2.84. The molecule has 0 saturated carbocycles. The Hall–Kier alpha value is -2.30. The summed E-state index contributed by atoms with van der Waals surface area (Å²) in [6, 6.07) is 5.95. The lowest BCUT2D eigenvalue weighted by molar-refractivity contribution is 0.0617. The fourth-order valence-electron chi connectivity index (χ4n) is 2.84. The van der Waals surface area contributed by atoms with Crippen molar-refractivity contribution in [3.05, 3.63) is 47.2 Å². The number of carbonyl (C=O) groups is 1. The Bertz CT molecular complexity index is 718. The fraction of sp³-hybridized carbons (Fsp3) is 0.412. The average molecular weight is 300 g/mol. The highest BCUT2D eigenvalue weighted by Gasteiger charge is 2.35. The molecule has 0 spiro atoms. The van der Waals surface area contributed by atoms with Gasteiger partial charge in [0.25, 0.3) is 5.91 Å². The first-order chi connectivity index (χ1) is 10.4.